The molecule has 0 aromatic carbocycles. The van der Waals surface area contributed by atoms with Gasteiger partial charge in [0.05, 0.1) is 5.92 Å². The van der Waals surface area contributed by atoms with Crippen molar-refractivity contribution in [2.75, 3.05) is 6.54 Å². The summed E-state index contributed by atoms with van der Waals surface area (Å²) in [4.78, 5) is 26.1. The Balaban J connectivity index is 2.11. The molecule has 4 nitrogen and oxygen atoms in total. The molecule has 1 saturated heterocycles. The Hall–Kier alpha value is -1.32. The molecule has 2 amide bonds. The Morgan fingerprint density at radius 3 is 2.52 bits per heavy atom. The van der Waals surface area contributed by atoms with Crippen molar-refractivity contribution in [2.24, 2.45) is 23.0 Å². The lowest BCUT2D eigenvalue weighted by Crippen LogP contribution is -2.46. The first-order valence-electron chi connectivity index (χ1n) is 7.99. The van der Waals surface area contributed by atoms with E-state index in [-0.39, 0.29) is 29.2 Å². The third kappa shape index (κ3) is 3.30. The van der Waals surface area contributed by atoms with Crippen molar-refractivity contribution in [1.29, 1.82) is 0 Å². The van der Waals surface area contributed by atoms with Crippen LogP contribution in [0.25, 0.3) is 0 Å². The van der Waals surface area contributed by atoms with Gasteiger partial charge in [-0.15, -0.1) is 0 Å². The molecule has 118 valence electrons. The molecule has 4 heteroatoms. The van der Waals surface area contributed by atoms with E-state index in [0.29, 0.717) is 12.3 Å². The lowest BCUT2D eigenvalue weighted by Gasteiger charge is -2.35. The van der Waals surface area contributed by atoms with E-state index < -0.39 is 0 Å². The molecule has 1 aliphatic heterocycles. The van der Waals surface area contributed by atoms with Crippen molar-refractivity contribution in [2.45, 2.75) is 59.4 Å². The molecule has 2 rings (SSSR count). The summed E-state index contributed by atoms with van der Waals surface area (Å²) in [7, 11) is 0. The first-order valence-corrected chi connectivity index (χ1v) is 7.99. The number of allylic oxidation sites excluding steroid dienone is 2. The summed E-state index contributed by atoms with van der Waals surface area (Å²) in [5.74, 6) is 0.288. The molecular weight excluding hydrogens is 264 g/mol. The van der Waals surface area contributed by atoms with Crippen molar-refractivity contribution in [1.82, 2.24) is 4.90 Å². The average Bonchev–Trinajstić information content (AvgIpc) is 2.89. The molecule has 1 saturated carbocycles. The second-order valence-corrected chi connectivity index (χ2v) is 7.42. The third-order valence-electron chi connectivity index (χ3n) is 5.04. The van der Waals surface area contributed by atoms with E-state index in [1.165, 1.54) is 5.57 Å². The second-order valence-electron chi connectivity index (χ2n) is 7.42. The van der Waals surface area contributed by atoms with Gasteiger partial charge in [0.1, 0.15) is 0 Å². The maximum atomic E-state index is 12.9. The summed E-state index contributed by atoms with van der Waals surface area (Å²) in [5.41, 5.74) is 6.63. The molecule has 21 heavy (non-hydrogen) atoms. The van der Waals surface area contributed by atoms with E-state index in [4.69, 9.17) is 5.73 Å². The highest BCUT2D eigenvalue weighted by molar-refractivity contribution is 5.85. The number of primary amides is 1. The summed E-state index contributed by atoms with van der Waals surface area (Å²) in [6.45, 7) is 9.24. The van der Waals surface area contributed by atoms with E-state index in [9.17, 15) is 9.59 Å². The van der Waals surface area contributed by atoms with Crippen molar-refractivity contribution >= 4 is 11.8 Å². The molecule has 0 bridgehead atoms. The maximum Gasteiger partial charge on any atom is 0.227 e. The minimum Gasteiger partial charge on any atom is -0.370 e. The Morgan fingerprint density at radius 1 is 1.29 bits per heavy atom. The smallest absolute Gasteiger partial charge is 0.227 e. The number of likely N-dealkylation sites (tertiary alicyclic amines) is 1. The molecule has 2 aliphatic rings. The Labute approximate surface area is 127 Å². The Bertz CT molecular complexity index is 463. The number of carbonyl (C=O) groups is 2. The quantitative estimate of drug-likeness (QED) is 0.809. The molecular formula is C17H28N2O2. The fourth-order valence-corrected chi connectivity index (χ4v) is 3.73. The molecule has 3 unspecified atom stereocenters. The number of amides is 2. The lowest BCUT2D eigenvalue weighted by molar-refractivity contribution is -0.138. The van der Waals surface area contributed by atoms with Gasteiger partial charge in [-0.1, -0.05) is 25.5 Å². The highest BCUT2D eigenvalue weighted by Crippen LogP contribution is 2.60. The van der Waals surface area contributed by atoms with Crippen LogP contribution in [0, 0.1) is 17.3 Å². The summed E-state index contributed by atoms with van der Waals surface area (Å²) >= 11 is 0. The van der Waals surface area contributed by atoms with Gasteiger partial charge in [-0.05, 0) is 44.4 Å². The highest BCUT2D eigenvalue weighted by Gasteiger charge is 2.61. The van der Waals surface area contributed by atoms with Crippen LogP contribution >= 0.6 is 0 Å². The second kappa shape index (κ2) is 5.82. The van der Waals surface area contributed by atoms with Crippen LogP contribution in [0.5, 0.6) is 0 Å². The van der Waals surface area contributed by atoms with Gasteiger partial charge in [-0.3, -0.25) is 9.59 Å². The van der Waals surface area contributed by atoms with E-state index in [1.807, 2.05) is 4.90 Å². The summed E-state index contributed by atoms with van der Waals surface area (Å²) in [6, 6.07) is 0.00695. The first kappa shape index (κ1) is 16.1. The fraction of sp³-hybridized carbons (Fsp3) is 0.765. The number of hydrogen-bond acceptors (Lipinski definition) is 2. The first-order chi connectivity index (χ1) is 9.75. The lowest BCUT2D eigenvalue weighted by atomic mass is 9.97. The molecule has 2 N–H and O–H groups in total. The van der Waals surface area contributed by atoms with Gasteiger partial charge >= 0.3 is 0 Å². The van der Waals surface area contributed by atoms with Gasteiger partial charge < -0.3 is 10.6 Å². The fourth-order valence-electron chi connectivity index (χ4n) is 3.73. The number of nitrogens with zero attached hydrogens (tertiary/aromatic N) is 1. The number of carbonyl (C=O) groups excluding carboxylic acids is 2. The van der Waals surface area contributed by atoms with Crippen LogP contribution in [-0.2, 0) is 9.59 Å². The molecule has 0 radical (unpaired) electrons. The summed E-state index contributed by atoms with van der Waals surface area (Å²) < 4.78 is 0. The van der Waals surface area contributed by atoms with E-state index in [0.717, 1.165) is 25.8 Å². The zero-order valence-corrected chi connectivity index (χ0v) is 13.7. The minimum atomic E-state index is -0.310. The van der Waals surface area contributed by atoms with E-state index >= 15 is 0 Å². The van der Waals surface area contributed by atoms with Crippen LogP contribution < -0.4 is 5.73 Å². The topological polar surface area (TPSA) is 63.4 Å². The van der Waals surface area contributed by atoms with E-state index in [1.54, 1.807) is 0 Å². The van der Waals surface area contributed by atoms with Crippen LogP contribution in [0.15, 0.2) is 11.6 Å². The van der Waals surface area contributed by atoms with Crippen molar-refractivity contribution in [3.63, 3.8) is 0 Å². The summed E-state index contributed by atoms with van der Waals surface area (Å²) in [6.07, 6.45) is 5.52. The van der Waals surface area contributed by atoms with Gasteiger partial charge in [0.2, 0.25) is 11.8 Å². The predicted octanol–water partition coefficient (Wildman–Crippen LogP) is 2.48. The zero-order valence-electron chi connectivity index (χ0n) is 13.7. The molecule has 2 fully saturated rings. The molecule has 0 aromatic rings. The van der Waals surface area contributed by atoms with Crippen LogP contribution in [-0.4, -0.2) is 29.3 Å². The van der Waals surface area contributed by atoms with Gasteiger partial charge in [-0.25, -0.2) is 0 Å². The van der Waals surface area contributed by atoms with E-state index in [2.05, 4.69) is 33.8 Å². The standard InChI is InChI=1S/C17H28N2O2/c1-11(2)9-13-15(17(13,3)4)16(21)19-8-6-5-7-12(19)10-14(18)20/h9,12-13,15H,5-8,10H2,1-4H3,(H2,18,20). The van der Waals surface area contributed by atoms with Crippen LogP contribution in [0.3, 0.4) is 0 Å². The van der Waals surface area contributed by atoms with Gasteiger partial charge in [0, 0.05) is 19.0 Å². The maximum absolute atomic E-state index is 12.9. The van der Waals surface area contributed by atoms with Crippen LogP contribution in [0.4, 0.5) is 0 Å². The number of nitrogens with two attached hydrogens (primary N) is 1. The zero-order chi connectivity index (χ0) is 15.8. The molecule has 0 aromatic heterocycles. The summed E-state index contributed by atoms with van der Waals surface area (Å²) in [5, 5.41) is 0. The Morgan fingerprint density at radius 2 is 1.95 bits per heavy atom. The predicted molar refractivity (Wildman–Crippen MR) is 83.4 cm³/mol. The molecule has 1 heterocycles. The number of rotatable bonds is 4. The van der Waals surface area contributed by atoms with Gasteiger partial charge in [0.25, 0.3) is 0 Å². The van der Waals surface area contributed by atoms with Gasteiger partial charge in [0.15, 0.2) is 0 Å². The van der Waals surface area contributed by atoms with Crippen molar-refractivity contribution in [3.05, 3.63) is 11.6 Å². The third-order valence-corrected chi connectivity index (χ3v) is 5.04. The largest absolute Gasteiger partial charge is 0.370 e. The number of piperidine rings is 1. The Kier molecular flexibility index (Phi) is 4.45. The van der Waals surface area contributed by atoms with Crippen LogP contribution in [0.2, 0.25) is 0 Å². The molecule has 1 aliphatic carbocycles. The van der Waals surface area contributed by atoms with Crippen molar-refractivity contribution in [3.8, 4) is 0 Å². The molecule has 0 spiro atoms. The highest BCUT2D eigenvalue weighted by atomic mass is 16.2. The van der Waals surface area contributed by atoms with Crippen LogP contribution in [0.1, 0.15) is 53.4 Å². The average molecular weight is 292 g/mol. The number of hydrogen-bond donors (Lipinski definition) is 1. The normalized spacial score (nSPS) is 30.7. The molecule has 3 atom stereocenters. The SMILES string of the molecule is CC(C)=CC1C(C(=O)N2CCCCC2CC(N)=O)C1(C)C. The van der Waals surface area contributed by atoms with Crippen molar-refractivity contribution < 1.29 is 9.59 Å². The monoisotopic (exact) mass is 292 g/mol. The van der Waals surface area contributed by atoms with Gasteiger partial charge in [-0.2, -0.15) is 0 Å². The minimum absolute atomic E-state index is 0.00695.